The van der Waals surface area contributed by atoms with Crippen LogP contribution in [-0.4, -0.2) is 36.3 Å². The van der Waals surface area contributed by atoms with Gasteiger partial charge in [-0.1, -0.05) is 29.3 Å². The number of nitrogens with zero attached hydrogens (tertiary/aromatic N) is 1. The Morgan fingerprint density at radius 2 is 1.69 bits per heavy atom. The van der Waals surface area contributed by atoms with Crippen LogP contribution >= 0.6 is 23.2 Å². The SMILES string of the molecule is CCN(CC)C(=O)c1cccc(NC(=O)CNc2ccc(Cl)c(Cl)c2)c1. The van der Waals surface area contributed by atoms with Crippen LogP contribution in [-0.2, 0) is 4.79 Å². The lowest BCUT2D eigenvalue weighted by molar-refractivity contribution is -0.114. The van der Waals surface area contributed by atoms with Crippen molar-refractivity contribution in [3.8, 4) is 0 Å². The fraction of sp³-hybridized carbons (Fsp3) is 0.263. The van der Waals surface area contributed by atoms with E-state index >= 15 is 0 Å². The predicted octanol–water partition coefficient (Wildman–Crippen LogP) is 4.53. The van der Waals surface area contributed by atoms with Crippen LogP contribution < -0.4 is 10.6 Å². The molecule has 0 spiro atoms. The van der Waals surface area contributed by atoms with Gasteiger partial charge >= 0.3 is 0 Å². The molecule has 5 nitrogen and oxygen atoms in total. The molecule has 2 aromatic carbocycles. The van der Waals surface area contributed by atoms with Gasteiger partial charge in [0, 0.05) is 30.0 Å². The Balaban J connectivity index is 1.97. The number of anilines is 2. The molecule has 26 heavy (non-hydrogen) atoms. The van der Waals surface area contributed by atoms with Crippen LogP contribution in [0.5, 0.6) is 0 Å². The molecule has 0 aromatic heterocycles. The third-order valence-electron chi connectivity index (χ3n) is 3.82. The average Bonchev–Trinajstić information content (AvgIpc) is 2.64. The molecule has 2 amide bonds. The second-order valence-corrected chi connectivity index (χ2v) is 6.40. The first-order valence-electron chi connectivity index (χ1n) is 8.32. The van der Waals surface area contributed by atoms with Crippen molar-refractivity contribution in [1.29, 1.82) is 0 Å². The highest BCUT2D eigenvalue weighted by atomic mass is 35.5. The van der Waals surface area contributed by atoms with Gasteiger partial charge in [-0.05, 0) is 50.2 Å². The van der Waals surface area contributed by atoms with Gasteiger partial charge in [-0.3, -0.25) is 9.59 Å². The Morgan fingerprint density at radius 1 is 0.962 bits per heavy atom. The van der Waals surface area contributed by atoms with E-state index in [1.165, 1.54) is 0 Å². The molecule has 0 aliphatic carbocycles. The smallest absolute Gasteiger partial charge is 0.253 e. The molecule has 0 heterocycles. The number of nitrogens with one attached hydrogen (secondary N) is 2. The van der Waals surface area contributed by atoms with Gasteiger partial charge in [-0.15, -0.1) is 0 Å². The quantitative estimate of drug-likeness (QED) is 0.726. The van der Waals surface area contributed by atoms with E-state index in [1.54, 1.807) is 47.4 Å². The molecule has 0 saturated heterocycles. The number of hydrogen-bond acceptors (Lipinski definition) is 3. The molecule has 0 saturated carbocycles. The molecule has 0 unspecified atom stereocenters. The first-order chi connectivity index (χ1) is 12.4. The van der Waals surface area contributed by atoms with Gasteiger partial charge < -0.3 is 15.5 Å². The Bertz CT molecular complexity index is 792. The third-order valence-corrected chi connectivity index (χ3v) is 4.56. The van der Waals surface area contributed by atoms with E-state index < -0.39 is 0 Å². The lowest BCUT2D eigenvalue weighted by atomic mass is 10.1. The topological polar surface area (TPSA) is 61.4 Å². The van der Waals surface area contributed by atoms with E-state index in [-0.39, 0.29) is 18.4 Å². The Kier molecular flexibility index (Phi) is 7.30. The van der Waals surface area contributed by atoms with Crippen LogP contribution in [0.2, 0.25) is 10.0 Å². The van der Waals surface area contributed by atoms with Crippen LogP contribution in [0.15, 0.2) is 42.5 Å². The van der Waals surface area contributed by atoms with Gasteiger partial charge in [0.05, 0.1) is 16.6 Å². The predicted molar refractivity (Wildman–Crippen MR) is 107 cm³/mol. The number of benzene rings is 2. The van der Waals surface area contributed by atoms with E-state index in [1.807, 2.05) is 13.8 Å². The van der Waals surface area contributed by atoms with Gasteiger partial charge in [0.1, 0.15) is 0 Å². The van der Waals surface area contributed by atoms with Gasteiger partial charge in [0.25, 0.3) is 5.91 Å². The standard InChI is InChI=1S/C19H21Cl2N3O2/c1-3-24(4-2)19(26)13-6-5-7-15(10-13)23-18(25)12-22-14-8-9-16(20)17(21)11-14/h5-11,22H,3-4,12H2,1-2H3,(H,23,25). The molecule has 2 rings (SSSR count). The molecule has 138 valence electrons. The molecule has 2 N–H and O–H groups in total. The molecule has 0 atom stereocenters. The highest BCUT2D eigenvalue weighted by Crippen LogP contribution is 2.24. The van der Waals surface area contributed by atoms with Gasteiger partial charge in [0.15, 0.2) is 0 Å². The zero-order chi connectivity index (χ0) is 19.1. The van der Waals surface area contributed by atoms with E-state index in [0.717, 1.165) is 0 Å². The van der Waals surface area contributed by atoms with Crippen molar-refractivity contribution in [1.82, 2.24) is 4.90 Å². The highest BCUT2D eigenvalue weighted by Gasteiger charge is 2.13. The number of halogens is 2. The maximum atomic E-state index is 12.4. The van der Waals surface area contributed by atoms with Gasteiger partial charge in [0.2, 0.25) is 5.91 Å². The summed E-state index contributed by atoms with van der Waals surface area (Å²) in [6, 6.07) is 12.0. The first kappa shape index (κ1) is 20.1. The molecule has 0 radical (unpaired) electrons. The van der Waals surface area contributed by atoms with E-state index in [2.05, 4.69) is 10.6 Å². The summed E-state index contributed by atoms with van der Waals surface area (Å²) in [4.78, 5) is 26.3. The number of hydrogen-bond donors (Lipinski definition) is 2. The molecular formula is C19H21Cl2N3O2. The first-order valence-corrected chi connectivity index (χ1v) is 9.08. The lowest BCUT2D eigenvalue weighted by Crippen LogP contribution is -2.30. The Morgan fingerprint density at radius 3 is 2.35 bits per heavy atom. The summed E-state index contributed by atoms with van der Waals surface area (Å²) in [7, 11) is 0. The summed E-state index contributed by atoms with van der Waals surface area (Å²) in [5.41, 5.74) is 1.81. The second kappa shape index (κ2) is 9.46. The zero-order valence-electron chi connectivity index (χ0n) is 14.7. The van der Waals surface area contributed by atoms with Gasteiger partial charge in [-0.25, -0.2) is 0 Å². The largest absolute Gasteiger partial charge is 0.376 e. The van der Waals surface area contributed by atoms with Crippen LogP contribution in [0.25, 0.3) is 0 Å². The maximum Gasteiger partial charge on any atom is 0.253 e. The van der Waals surface area contributed by atoms with Gasteiger partial charge in [-0.2, -0.15) is 0 Å². The van der Waals surface area contributed by atoms with Crippen molar-refractivity contribution in [2.45, 2.75) is 13.8 Å². The summed E-state index contributed by atoms with van der Waals surface area (Å²) in [6.45, 7) is 5.20. The van der Waals surface area contributed by atoms with Crippen molar-refractivity contribution in [2.75, 3.05) is 30.3 Å². The number of carbonyl (C=O) groups is 2. The number of rotatable bonds is 7. The number of amides is 2. The molecule has 7 heteroatoms. The van der Waals surface area contributed by atoms with Crippen LogP contribution in [0, 0.1) is 0 Å². The minimum atomic E-state index is -0.233. The van der Waals surface area contributed by atoms with E-state index in [9.17, 15) is 9.59 Å². The molecule has 0 aliphatic rings. The monoisotopic (exact) mass is 393 g/mol. The Hall–Kier alpha value is -2.24. The van der Waals surface area contributed by atoms with Crippen LogP contribution in [0.4, 0.5) is 11.4 Å². The van der Waals surface area contributed by atoms with Crippen LogP contribution in [0.3, 0.4) is 0 Å². The molecule has 2 aromatic rings. The van der Waals surface area contributed by atoms with Crippen molar-refractivity contribution < 1.29 is 9.59 Å². The maximum absolute atomic E-state index is 12.4. The van der Waals surface area contributed by atoms with E-state index in [0.29, 0.717) is 40.1 Å². The summed E-state index contributed by atoms with van der Waals surface area (Å²) >= 11 is 11.8. The summed E-state index contributed by atoms with van der Waals surface area (Å²) < 4.78 is 0. The lowest BCUT2D eigenvalue weighted by Gasteiger charge is -2.19. The fourth-order valence-corrected chi connectivity index (χ4v) is 2.72. The average molecular weight is 394 g/mol. The summed E-state index contributed by atoms with van der Waals surface area (Å²) in [5.74, 6) is -0.288. The molecular weight excluding hydrogens is 373 g/mol. The second-order valence-electron chi connectivity index (χ2n) is 5.59. The van der Waals surface area contributed by atoms with E-state index in [4.69, 9.17) is 23.2 Å². The minimum absolute atomic E-state index is 0.0555. The van der Waals surface area contributed by atoms with Crippen LogP contribution in [0.1, 0.15) is 24.2 Å². The fourth-order valence-electron chi connectivity index (χ4n) is 2.42. The zero-order valence-corrected chi connectivity index (χ0v) is 16.2. The highest BCUT2D eigenvalue weighted by molar-refractivity contribution is 6.42. The summed E-state index contributed by atoms with van der Waals surface area (Å²) in [5, 5.41) is 6.62. The normalized spacial score (nSPS) is 10.3. The van der Waals surface area contributed by atoms with Crippen molar-refractivity contribution in [3.63, 3.8) is 0 Å². The molecule has 0 bridgehead atoms. The minimum Gasteiger partial charge on any atom is -0.376 e. The summed E-state index contributed by atoms with van der Waals surface area (Å²) in [6.07, 6.45) is 0. The van der Waals surface area contributed by atoms with Crippen molar-refractivity contribution >= 4 is 46.4 Å². The molecule has 0 fully saturated rings. The molecule has 0 aliphatic heterocycles. The van der Waals surface area contributed by atoms with Crippen molar-refractivity contribution in [3.05, 3.63) is 58.1 Å². The Labute approximate surface area is 163 Å². The van der Waals surface area contributed by atoms with Crippen molar-refractivity contribution in [2.24, 2.45) is 0 Å². The number of carbonyl (C=O) groups excluding carboxylic acids is 2. The third kappa shape index (κ3) is 5.38.